The second-order valence-corrected chi connectivity index (χ2v) is 7.75. The summed E-state index contributed by atoms with van der Waals surface area (Å²) in [5, 5.41) is 3.50. The Hall–Kier alpha value is -0.900. The normalized spacial score (nSPS) is 23.3. The molecule has 7 heteroatoms. The number of benzene rings is 1. The summed E-state index contributed by atoms with van der Waals surface area (Å²) in [5.41, 5.74) is 2.64. The minimum atomic E-state index is 0. The van der Waals surface area contributed by atoms with Crippen molar-refractivity contribution >= 4 is 29.9 Å². The quantitative estimate of drug-likeness (QED) is 0.368. The molecule has 2 heterocycles. The Morgan fingerprint density at radius 3 is 2.86 bits per heavy atom. The largest absolute Gasteiger partial charge is 0.381 e. The van der Waals surface area contributed by atoms with Crippen LogP contribution in [-0.2, 0) is 22.6 Å². The van der Waals surface area contributed by atoms with Crippen LogP contribution < -0.4 is 5.32 Å². The van der Waals surface area contributed by atoms with E-state index in [2.05, 4.69) is 58.3 Å². The van der Waals surface area contributed by atoms with Crippen molar-refractivity contribution in [3.8, 4) is 0 Å². The average Bonchev–Trinajstić information content (AvgIpc) is 3.15. The number of halogens is 1. The lowest BCUT2D eigenvalue weighted by molar-refractivity contribution is -0.0212. The van der Waals surface area contributed by atoms with Gasteiger partial charge < -0.3 is 19.7 Å². The van der Waals surface area contributed by atoms with Crippen LogP contribution in [0.4, 0.5) is 0 Å². The molecule has 2 unspecified atom stereocenters. The van der Waals surface area contributed by atoms with Crippen LogP contribution in [0.25, 0.3) is 0 Å². The molecule has 158 valence electrons. The first-order valence-electron chi connectivity index (χ1n) is 10.1. The number of nitrogens with zero attached hydrogens (tertiary/aromatic N) is 3. The van der Waals surface area contributed by atoms with E-state index in [1.165, 1.54) is 11.1 Å². The van der Waals surface area contributed by atoms with E-state index in [9.17, 15) is 0 Å². The predicted molar refractivity (Wildman–Crippen MR) is 124 cm³/mol. The number of ether oxygens (including phenoxy) is 2. The molecule has 0 saturated carbocycles. The van der Waals surface area contributed by atoms with Gasteiger partial charge in [0.2, 0.25) is 0 Å². The molecule has 0 amide bonds. The standard InChI is InChI=1S/C21H34N4O2.HI/c1-17-13-25(8-10-27-17)15-19-6-4-5-18(11-19)12-23-21(22-2)24(3)14-20-7-9-26-16-20;/h4-6,11,17,20H,7-10,12-16H2,1-3H3,(H,22,23);1H. The zero-order valence-electron chi connectivity index (χ0n) is 17.4. The molecule has 0 spiro atoms. The molecule has 2 saturated heterocycles. The maximum atomic E-state index is 5.64. The summed E-state index contributed by atoms with van der Waals surface area (Å²) < 4.78 is 11.1. The first-order chi connectivity index (χ1) is 13.1. The van der Waals surface area contributed by atoms with Crippen LogP contribution in [0.3, 0.4) is 0 Å². The number of rotatable bonds is 6. The zero-order valence-corrected chi connectivity index (χ0v) is 19.7. The molecule has 0 radical (unpaired) electrons. The molecule has 2 aliphatic rings. The molecule has 0 aliphatic carbocycles. The van der Waals surface area contributed by atoms with E-state index >= 15 is 0 Å². The van der Waals surface area contributed by atoms with Crippen molar-refractivity contribution in [2.75, 3.05) is 53.6 Å². The first-order valence-corrected chi connectivity index (χ1v) is 10.1. The molecule has 1 aromatic carbocycles. The molecule has 28 heavy (non-hydrogen) atoms. The average molecular weight is 502 g/mol. The van der Waals surface area contributed by atoms with E-state index < -0.39 is 0 Å². The van der Waals surface area contributed by atoms with E-state index in [1.54, 1.807) is 0 Å². The maximum absolute atomic E-state index is 5.64. The van der Waals surface area contributed by atoms with E-state index in [-0.39, 0.29) is 24.0 Å². The van der Waals surface area contributed by atoms with Gasteiger partial charge in [0.05, 0.1) is 19.3 Å². The SMILES string of the molecule is CN=C(NCc1cccc(CN2CCOC(C)C2)c1)N(C)CC1CCOC1.I. The van der Waals surface area contributed by atoms with Crippen molar-refractivity contribution in [3.63, 3.8) is 0 Å². The van der Waals surface area contributed by atoms with Crippen molar-refractivity contribution < 1.29 is 9.47 Å². The highest BCUT2D eigenvalue weighted by molar-refractivity contribution is 14.0. The second-order valence-electron chi connectivity index (χ2n) is 7.75. The molecular weight excluding hydrogens is 467 g/mol. The Balaban J connectivity index is 0.00000280. The predicted octanol–water partition coefficient (Wildman–Crippen LogP) is 2.57. The summed E-state index contributed by atoms with van der Waals surface area (Å²) >= 11 is 0. The molecular formula is C21H35IN4O2. The summed E-state index contributed by atoms with van der Waals surface area (Å²) in [6, 6.07) is 8.84. The van der Waals surface area contributed by atoms with Gasteiger partial charge in [0.25, 0.3) is 0 Å². The summed E-state index contributed by atoms with van der Waals surface area (Å²) in [6.45, 7) is 9.49. The Morgan fingerprint density at radius 2 is 2.14 bits per heavy atom. The van der Waals surface area contributed by atoms with E-state index in [0.29, 0.717) is 12.0 Å². The lowest BCUT2D eigenvalue weighted by Crippen LogP contribution is -2.41. The Labute approximate surface area is 186 Å². The van der Waals surface area contributed by atoms with Crippen LogP contribution >= 0.6 is 24.0 Å². The van der Waals surface area contributed by atoms with Gasteiger partial charge in [-0.1, -0.05) is 24.3 Å². The summed E-state index contributed by atoms with van der Waals surface area (Å²) in [4.78, 5) is 9.11. The minimum Gasteiger partial charge on any atom is -0.381 e. The number of aliphatic imine (C=N–C) groups is 1. The topological polar surface area (TPSA) is 49.3 Å². The first kappa shape index (κ1) is 23.4. The molecule has 2 aliphatic heterocycles. The highest BCUT2D eigenvalue weighted by Gasteiger charge is 2.19. The molecule has 0 bridgehead atoms. The van der Waals surface area contributed by atoms with Gasteiger partial charge in [-0.15, -0.1) is 24.0 Å². The third-order valence-electron chi connectivity index (χ3n) is 5.30. The van der Waals surface area contributed by atoms with Gasteiger partial charge in [-0.05, 0) is 24.5 Å². The minimum absolute atomic E-state index is 0. The molecule has 6 nitrogen and oxygen atoms in total. The van der Waals surface area contributed by atoms with Crippen LogP contribution in [-0.4, -0.2) is 75.4 Å². The van der Waals surface area contributed by atoms with E-state index in [4.69, 9.17) is 9.47 Å². The van der Waals surface area contributed by atoms with E-state index in [1.807, 2.05) is 7.05 Å². The van der Waals surface area contributed by atoms with Gasteiger partial charge in [0.1, 0.15) is 0 Å². The van der Waals surface area contributed by atoms with Gasteiger partial charge in [0.15, 0.2) is 5.96 Å². The summed E-state index contributed by atoms with van der Waals surface area (Å²) in [6.07, 6.45) is 1.47. The number of morpholine rings is 1. The van der Waals surface area contributed by atoms with Crippen LogP contribution in [0.2, 0.25) is 0 Å². The second kappa shape index (κ2) is 11.9. The lowest BCUT2D eigenvalue weighted by Gasteiger charge is -2.31. The van der Waals surface area contributed by atoms with E-state index in [0.717, 1.165) is 64.9 Å². The van der Waals surface area contributed by atoms with Crippen LogP contribution in [0.5, 0.6) is 0 Å². The number of hydrogen-bond acceptors (Lipinski definition) is 4. The fourth-order valence-electron chi connectivity index (χ4n) is 3.90. The lowest BCUT2D eigenvalue weighted by atomic mass is 10.1. The maximum Gasteiger partial charge on any atom is 0.193 e. The Bertz CT molecular complexity index is 622. The van der Waals surface area contributed by atoms with Crippen molar-refractivity contribution in [3.05, 3.63) is 35.4 Å². The van der Waals surface area contributed by atoms with Crippen LogP contribution in [0, 0.1) is 5.92 Å². The van der Waals surface area contributed by atoms with Gasteiger partial charge in [-0.2, -0.15) is 0 Å². The van der Waals surface area contributed by atoms with Gasteiger partial charge in [-0.25, -0.2) is 0 Å². The van der Waals surface area contributed by atoms with Crippen molar-refractivity contribution in [1.29, 1.82) is 0 Å². The summed E-state index contributed by atoms with van der Waals surface area (Å²) in [5.74, 6) is 1.54. The third-order valence-corrected chi connectivity index (χ3v) is 5.30. The number of guanidine groups is 1. The van der Waals surface area contributed by atoms with Crippen molar-refractivity contribution in [1.82, 2.24) is 15.1 Å². The number of hydrogen-bond donors (Lipinski definition) is 1. The Kier molecular flexibility index (Phi) is 9.98. The van der Waals surface area contributed by atoms with Gasteiger partial charge >= 0.3 is 0 Å². The molecule has 1 aromatic rings. The molecule has 3 rings (SSSR count). The third kappa shape index (κ3) is 7.17. The summed E-state index contributed by atoms with van der Waals surface area (Å²) in [7, 11) is 3.95. The Morgan fingerprint density at radius 1 is 1.32 bits per heavy atom. The molecule has 1 N–H and O–H groups in total. The molecule has 2 atom stereocenters. The van der Waals surface area contributed by atoms with Crippen LogP contribution in [0.15, 0.2) is 29.3 Å². The zero-order chi connectivity index (χ0) is 19.1. The highest BCUT2D eigenvalue weighted by Crippen LogP contribution is 2.14. The smallest absolute Gasteiger partial charge is 0.193 e. The number of nitrogens with one attached hydrogen (secondary N) is 1. The molecule has 2 fully saturated rings. The fraction of sp³-hybridized carbons (Fsp3) is 0.667. The van der Waals surface area contributed by atoms with Gasteiger partial charge in [0, 0.05) is 59.3 Å². The highest BCUT2D eigenvalue weighted by atomic mass is 127. The molecule has 0 aromatic heterocycles. The van der Waals surface area contributed by atoms with Crippen molar-refractivity contribution in [2.24, 2.45) is 10.9 Å². The van der Waals surface area contributed by atoms with Crippen LogP contribution in [0.1, 0.15) is 24.5 Å². The fourth-order valence-corrected chi connectivity index (χ4v) is 3.90. The van der Waals surface area contributed by atoms with Crippen molar-refractivity contribution in [2.45, 2.75) is 32.5 Å². The monoisotopic (exact) mass is 502 g/mol. The van der Waals surface area contributed by atoms with Gasteiger partial charge in [-0.3, -0.25) is 9.89 Å².